The van der Waals surface area contributed by atoms with Crippen LogP contribution in [0.25, 0.3) is 0 Å². The molecule has 1 atom stereocenters. The second kappa shape index (κ2) is 15.0. The zero-order valence-electron chi connectivity index (χ0n) is 27.8. The molecule has 0 bridgehead atoms. The SMILES string of the molecule is Cc1ccc(S(=O)(=O)N(CC(=O)N(Cc2cccc(C)c2)[C@H](Cc2ccccc2)C(=O)NC2CCCC2)c2cccc(C)c2C)cc1. The van der Waals surface area contributed by atoms with Gasteiger partial charge in [-0.3, -0.25) is 13.9 Å². The fraction of sp³-hybridized carbons (Fsp3) is 0.333. The van der Waals surface area contributed by atoms with E-state index in [2.05, 4.69) is 5.32 Å². The van der Waals surface area contributed by atoms with Gasteiger partial charge in [0.25, 0.3) is 10.0 Å². The molecule has 2 amide bonds. The first-order valence-corrected chi connectivity index (χ1v) is 17.8. The van der Waals surface area contributed by atoms with Gasteiger partial charge in [0.05, 0.1) is 10.6 Å². The number of sulfonamides is 1. The van der Waals surface area contributed by atoms with Crippen molar-refractivity contribution in [1.82, 2.24) is 10.2 Å². The minimum absolute atomic E-state index is 0.0602. The Morgan fingerprint density at radius 3 is 2.13 bits per heavy atom. The van der Waals surface area contributed by atoms with Crippen molar-refractivity contribution in [2.45, 2.75) is 83.3 Å². The quantitative estimate of drug-likeness (QED) is 0.182. The molecule has 0 aliphatic heterocycles. The topological polar surface area (TPSA) is 86.8 Å². The summed E-state index contributed by atoms with van der Waals surface area (Å²) in [7, 11) is -4.16. The van der Waals surface area contributed by atoms with Crippen molar-refractivity contribution in [3.05, 3.63) is 130 Å². The summed E-state index contributed by atoms with van der Waals surface area (Å²) >= 11 is 0. The molecule has 1 aliphatic carbocycles. The average molecular weight is 652 g/mol. The molecule has 4 aromatic carbocycles. The van der Waals surface area contributed by atoms with Gasteiger partial charge in [0.2, 0.25) is 11.8 Å². The lowest BCUT2D eigenvalue weighted by Crippen LogP contribution is -2.54. The summed E-state index contributed by atoms with van der Waals surface area (Å²) in [6.07, 6.45) is 4.23. The van der Waals surface area contributed by atoms with Gasteiger partial charge in [-0.15, -0.1) is 0 Å². The Balaban J connectivity index is 1.59. The summed E-state index contributed by atoms with van der Waals surface area (Å²) in [6, 6.07) is 28.9. The monoisotopic (exact) mass is 651 g/mol. The Bertz CT molecular complexity index is 1800. The third-order valence-corrected chi connectivity index (χ3v) is 10.9. The van der Waals surface area contributed by atoms with Crippen LogP contribution in [0.2, 0.25) is 0 Å². The Morgan fingerprint density at radius 1 is 0.787 bits per heavy atom. The van der Waals surface area contributed by atoms with E-state index < -0.39 is 28.5 Å². The van der Waals surface area contributed by atoms with E-state index in [-0.39, 0.29) is 23.4 Å². The van der Waals surface area contributed by atoms with Crippen LogP contribution in [0.5, 0.6) is 0 Å². The summed E-state index contributed by atoms with van der Waals surface area (Å²) in [5.74, 6) is -0.674. The van der Waals surface area contributed by atoms with E-state index in [0.717, 1.165) is 59.1 Å². The van der Waals surface area contributed by atoms with Crippen LogP contribution in [0, 0.1) is 27.7 Å². The fourth-order valence-electron chi connectivity index (χ4n) is 6.29. The number of amides is 2. The zero-order chi connectivity index (χ0) is 33.6. The fourth-order valence-corrected chi connectivity index (χ4v) is 7.76. The summed E-state index contributed by atoms with van der Waals surface area (Å²) in [5.41, 5.74) is 5.85. The largest absolute Gasteiger partial charge is 0.352 e. The first-order valence-electron chi connectivity index (χ1n) is 16.4. The lowest BCUT2D eigenvalue weighted by atomic mass is 10.0. The van der Waals surface area contributed by atoms with Gasteiger partial charge < -0.3 is 10.2 Å². The number of nitrogens with zero attached hydrogens (tertiary/aromatic N) is 2. The molecule has 0 saturated heterocycles. The average Bonchev–Trinajstić information content (AvgIpc) is 3.56. The Labute approximate surface area is 279 Å². The number of hydrogen-bond acceptors (Lipinski definition) is 4. The lowest BCUT2D eigenvalue weighted by molar-refractivity contribution is -0.140. The van der Waals surface area contributed by atoms with Crippen molar-refractivity contribution in [3.63, 3.8) is 0 Å². The highest BCUT2D eigenvalue weighted by Gasteiger charge is 2.36. The molecule has 0 unspecified atom stereocenters. The van der Waals surface area contributed by atoms with Crippen molar-refractivity contribution < 1.29 is 18.0 Å². The first-order chi connectivity index (χ1) is 22.5. The van der Waals surface area contributed by atoms with Crippen LogP contribution in [0.3, 0.4) is 0 Å². The molecule has 4 aromatic rings. The molecule has 5 rings (SSSR count). The molecule has 1 fully saturated rings. The van der Waals surface area contributed by atoms with E-state index in [9.17, 15) is 18.0 Å². The number of rotatable bonds is 12. The maximum atomic E-state index is 14.8. The van der Waals surface area contributed by atoms with E-state index in [1.54, 1.807) is 41.3 Å². The first kappa shape index (κ1) is 33.9. The highest BCUT2D eigenvalue weighted by molar-refractivity contribution is 7.92. The minimum Gasteiger partial charge on any atom is -0.352 e. The van der Waals surface area contributed by atoms with Crippen molar-refractivity contribution >= 4 is 27.5 Å². The summed E-state index contributed by atoms with van der Waals surface area (Å²) in [4.78, 5) is 30.6. The second-order valence-electron chi connectivity index (χ2n) is 12.7. The van der Waals surface area contributed by atoms with Gasteiger partial charge in [0, 0.05) is 19.0 Å². The predicted molar refractivity (Wildman–Crippen MR) is 188 cm³/mol. The van der Waals surface area contributed by atoms with Crippen LogP contribution < -0.4 is 9.62 Å². The smallest absolute Gasteiger partial charge is 0.264 e. The van der Waals surface area contributed by atoms with Gasteiger partial charge in [-0.1, -0.05) is 103 Å². The molecule has 1 saturated carbocycles. The van der Waals surface area contributed by atoms with E-state index in [1.165, 1.54) is 4.31 Å². The van der Waals surface area contributed by atoms with Crippen LogP contribution in [-0.4, -0.2) is 43.8 Å². The number of carbonyl (C=O) groups excluding carboxylic acids is 2. The molecule has 7 nitrogen and oxygen atoms in total. The molecule has 0 radical (unpaired) electrons. The third-order valence-electron chi connectivity index (χ3n) is 9.14. The normalized spacial score (nSPS) is 14.0. The molecular weight excluding hydrogens is 607 g/mol. The maximum absolute atomic E-state index is 14.8. The van der Waals surface area contributed by atoms with Gasteiger partial charge in [-0.2, -0.15) is 0 Å². The molecule has 1 N–H and O–H groups in total. The van der Waals surface area contributed by atoms with Crippen LogP contribution >= 0.6 is 0 Å². The number of benzene rings is 4. The number of nitrogens with one attached hydrogen (secondary N) is 1. The highest BCUT2D eigenvalue weighted by Crippen LogP contribution is 2.30. The number of hydrogen-bond donors (Lipinski definition) is 1. The van der Waals surface area contributed by atoms with E-state index in [1.807, 2.05) is 88.4 Å². The summed E-state index contributed by atoms with van der Waals surface area (Å²) in [6.45, 7) is 7.36. The number of anilines is 1. The third kappa shape index (κ3) is 8.30. The van der Waals surface area contributed by atoms with E-state index in [4.69, 9.17) is 0 Å². The van der Waals surface area contributed by atoms with Crippen LogP contribution in [-0.2, 0) is 32.6 Å². The molecule has 47 heavy (non-hydrogen) atoms. The zero-order valence-corrected chi connectivity index (χ0v) is 28.6. The van der Waals surface area contributed by atoms with E-state index >= 15 is 0 Å². The van der Waals surface area contributed by atoms with Crippen molar-refractivity contribution in [2.75, 3.05) is 10.8 Å². The molecule has 0 aromatic heterocycles. The molecule has 0 heterocycles. The van der Waals surface area contributed by atoms with Crippen molar-refractivity contribution in [3.8, 4) is 0 Å². The summed E-state index contributed by atoms with van der Waals surface area (Å²) in [5, 5.41) is 3.23. The van der Waals surface area contributed by atoms with E-state index in [0.29, 0.717) is 12.1 Å². The number of carbonyl (C=O) groups is 2. The van der Waals surface area contributed by atoms with Gasteiger partial charge in [-0.25, -0.2) is 8.42 Å². The summed E-state index contributed by atoms with van der Waals surface area (Å²) < 4.78 is 29.9. The second-order valence-corrected chi connectivity index (χ2v) is 14.6. The van der Waals surface area contributed by atoms with Crippen molar-refractivity contribution in [2.24, 2.45) is 0 Å². The Morgan fingerprint density at radius 2 is 1.45 bits per heavy atom. The Hall–Kier alpha value is -4.43. The van der Waals surface area contributed by atoms with Gasteiger partial charge in [0.15, 0.2) is 0 Å². The van der Waals surface area contributed by atoms with Crippen LogP contribution in [0.1, 0.15) is 59.1 Å². The molecule has 246 valence electrons. The highest BCUT2D eigenvalue weighted by atomic mass is 32.2. The Kier molecular flexibility index (Phi) is 10.8. The minimum atomic E-state index is -4.16. The van der Waals surface area contributed by atoms with Gasteiger partial charge >= 0.3 is 0 Å². The molecule has 8 heteroatoms. The molecule has 1 aliphatic rings. The lowest BCUT2D eigenvalue weighted by Gasteiger charge is -2.35. The predicted octanol–water partition coefficient (Wildman–Crippen LogP) is 6.81. The van der Waals surface area contributed by atoms with Crippen LogP contribution in [0.15, 0.2) is 102 Å². The van der Waals surface area contributed by atoms with Crippen molar-refractivity contribution in [1.29, 1.82) is 0 Å². The standard InChI is InChI=1S/C39H45N3O4S/c1-28-20-22-35(23-21-28)47(45,46)42(36-19-11-13-30(3)31(36)4)27-38(43)41(26-33-16-10-12-29(2)24-33)37(25-32-14-6-5-7-15-32)39(44)40-34-17-8-9-18-34/h5-7,10-16,19-24,34,37H,8-9,17-18,25-27H2,1-4H3,(H,40,44)/t37-/m1/s1. The van der Waals surface area contributed by atoms with Gasteiger partial charge in [0.1, 0.15) is 12.6 Å². The number of aryl methyl sites for hydroxylation is 3. The van der Waals surface area contributed by atoms with Gasteiger partial charge in [-0.05, 0) is 81.0 Å². The van der Waals surface area contributed by atoms with Crippen LogP contribution in [0.4, 0.5) is 5.69 Å². The molecular formula is C39H45N3O4S. The maximum Gasteiger partial charge on any atom is 0.264 e. The molecule has 0 spiro atoms.